The molecule has 1 fully saturated rings. The smallest absolute Gasteiger partial charge is 0.328 e. The Bertz CT molecular complexity index is 794. The minimum Gasteiger partial charge on any atom is -0.464 e. The van der Waals surface area contributed by atoms with E-state index in [0.717, 1.165) is 3.57 Å². The lowest BCUT2D eigenvalue weighted by molar-refractivity contribution is -0.149. The molecule has 1 aromatic rings. The lowest BCUT2D eigenvalue weighted by atomic mass is 10.1. The molecule has 1 aliphatic rings. The zero-order chi connectivity index (χ0) is 22.9. The van der Waals surface area contributed by atoms with Gasteiger partial charge in [0.25, 0.3) is 5.91 Å². The highest BCUT2D eigenvalue weighted by Gasteiger charge is 2.46. The third-order valence-corrected chi connectivity index (χ3v) is 11.5. The molecule has 0 saturated carbocycles. The van der Waals surface area contributed by atoms with Gasteiger partial charge < -0.3 is 14.1 Å². The molecule has 1 amide bonds. The summed E-state index contributed by atoms with van der Waals surface area (Å²) in [7, 11) is -2.05. The second-order valence-corrected chi connectivity index (χ2v) is 16.2. The molecule has 2 rings (SSSR count). The number of halogens is 2. The van der Waals surface area contributed by atoms with E-state index in [1.807, 2.05) is 19.9 Å². The standard InChI is InChI=1S/C22H33ClINO4Si/c1-14(2)13-28-21(27)19-11-16(29-30(6,7)22(3,4)5)12-25(19)20(26)17-10-15(23)8-9-18(17)24/h8-10,14,16,19H,11-13H2,1-7H3/t16-,19+/m1/s1. The number of carbonyl (C=O) groups excluding carboxylic acids is 2. The van der Waals surface area contributed by atoms with Crippen molar-refractivity contribution in [3.63, 3.8) is 0 Å². The maximum Gasteiger partial charge on any atom is 0.328 e. The Morgan fingerprint density at radius 3 is 2.50 bits per heavy atom. The summed E-state index contributed by atoms with van der Waals surface area (Å²) < 4.78 is 12.8. The van der Waals surface area contributed by atoms with Crippen molar-refractivity contribution in [1.29, 1.82) is 0 Å². The van der Waals surface area contributed by atoms with Gasteiger partial charge in [-0.15, -0.1) is 0 Å². The molecule has 0 radical (unpaired) electrons. The van der Waals surface area contributed by atoms with E-state index >= 15 is 0 Å². The molecule has 1 saturated heterocycles. The molecule has 1 heterocycles. The largest absolute Gasteiger partial charge is 0.464 e. The number of ether oxygens (including phenoxy) is 1. The van der Waals surface area contributed by atoms with E-state index in [1.165, 1.54) is 0 Å². The maximum absolute atomic E-state index is 13.4. The lowest BCUT2D eigenvalue weighted by Gasteiger charge is -2.38. The molecule has 0 unspecified atom stereocenters. The van der Waals surface area contributed by atoms with Gasteiger partial charge in [-0.05, 0) is 64.8 Å². The molecule has 0 aromatic heterocycles. The summed E-state index contributed by atoms with van der Waals surface area (Å²) in [6, 6.07) is 4.56. The van der Waals surface area contributed by atoms with E-state index in [2.05, 4.69) is 56.5 Å². The number of hydrogen-bond donors (Lipinski definition) is 0. The van der Waals surface area contributed by atoms with Gasteiger partial charge in [0.15, 0.2) is 8.32 Å². The summed E-state index contributed by atoms with van der Waals surface area (Å²) in [4.78, 5) is 27.9. The highest BCUT2D eigenvalue weighted by Crippen LogP contribution is 2.39. The first-order valence-corrected chi connectivity index (χ1v) is 14.7. The van der Waals surface area contributed by atoms with E-state index in [0.29, 0.717) is 30.2 Å². The van der Waals surface area contributed by atoms with Crippen LogP contribution in [0.5, 0.6) is 0 Å². The molecule has 1 aromatic carbocycles. The quantitative estimate of drug-likeness (QED) is 0.250. The van der Waals surface area contributed by atoms with Crippen molar-refractivity contribution in [3.8, 4) is 0 Å². The average Bonchev–Trinajstić information content (AvgIpc) is 3.03. The molecule has 8 heteroatoms. The van der Waals surface area contributed by atoms with Crippen molar-refractivity contribution < 1.29 is 18.8 Å². The number of nitrogens with zero attached hydrogens (tertiary/aromatic N) is 1. The fourth-order valence-corrected chi connectivity index (χ4v) is 5.18. The Kier molecular flexibility index (Phi) is 8.43. The van der Waals surface area contributed by atoms with Gasteiger partial charge >= 0.3 is 5.97 Å². The number of rotatable bonds is 6. The molecule has 0 bridgehead atoms. The van der Waals surface area contributed by atoms with Crippen LogP contribution in [0.1, 0.15) is 51.4 Å². The van der Waals surface area contributed by atoms with Crippen LogP contribution in [0.4, 0.5) is 0 Å². The summed E-state index contributed by atoms with van der Waals surface area (Å²) in [6.07, 6.45) is 0.259. The summed E-state index contributed by atoms with van der Waals surface area (Å²) in [5.41, 5.74) is 0.498. The monoisotopic (exact) mass is 565 g/mol. The summed E-state index contributed by atoms with van der Waals surface area (Å²) >= 11 is 8.25. The van der Waals surface area contributed by atoms with Gasteiger partial charge in [0, 0.05) is 21.6 Å². The van der Waals surface area contributed by atoms with Gasteiger partial charge in [0.1, 0.15) is 6.04 Å². The van der Waals surface area contributed by atoms with Crippen molar-refractivity contribution in [3.05, 3.63) is 32.4 Å². The van der Waals surface area contributed by atoms with E-state index in [4.69, 9.17) is 20.8 Å². The molecular formula is C22H33ClINO4Si. The zero-order valence-corrected chi connectivity index (χ0v) is 22.8. The SMILES string of the molecule is CC(C)COC(=O)[C@@H]1C[C@@H](O[Si](C)(C)C(C)(C)C)CN1C(=O)c1cc(Cl)ccc1I. The van der Waals surface area contributed by atoms with Crippen molar-refractivity contribution in [1.82, 2.24) is 4.90 Å². The van der Waals surface area contributed by atoms with Crippen molar-refractivity contribution >= 4 is 54.4 Å². The van der Waals surface area contributed by atoms with Gasteiger partial charge in [-0.25, -0.2) is 4.79 Å². The molecule has 0 aliphatic carbocycles. The van der Waals surface area contributed by atoms with Crippen molar-refractivity contribution in [2.24, 2.45) is 5.92 Å². The Morgan fingerprint density at radius 2 is 1.93 bits per heavy atom. The van der Waals surface area contributed by atoms with E-state index in [-0.39, 0.29) is 28.9 Å². The number of amides is 1. The van der Waals surface area contributed by atoms with Gasteiger partial charge in [0.2, 0.25) is 0 Å². The van der Waals surface area contributed by atoms with Gasteiger partial charge in [-0.1, -0.05) is 46.2 Å². The van der Waals surface area contributed by atoms with Crippen LogP contribution in [-0.2, 0) is 14.0 Å². The minimum absolute atomic E-state index is 0.0421. The number of likely N-dealkylation sites (tertiary alicyclic amines) is 1. The van der Waals surface area contributed by atoms with Crippen LogP contribution in [0, 0.1) is 9.49 Å². The minimum atomic E-state index is -2.05. The number of benzene rings is 1. The Balaban J connectivity index is 2.30. The van der Waals surface area contributed by atoms with Crippen LogP contribution in [0.2, 0.25) is 23.2 Å². The van der Waals surface area contributed by atoms with Crippen LogP contribution < -0.4 is 0 Å². The summed E-state index contributed by atoms with van der Waals surface area (Å²) in [6.45, 7) is 15.6. The molecule has 0 N–H and O–H groups in total. The van der Waals surface area contributed by atoms with E-state index in [1.54, 1.807) is 17.0 Å². The molecule has 1 aliphatic heterocycles. The first-order chi connectivity index (χ1) is 13.7. The highest BCUT2D eigenvalue weighted by atomic mass is 127. The number of hydrogen-bond acceptors (Lipinski definition) is 4. The first-order valence-electron chi connectivity index (χ1n) is 10.3. The van der Waals surface area contributed by atoms with Gasteiger partial charge in [0.05, 0.1) is 18.3 Å². The molecule has 2 atom stereocenters. The van der Waals surface area contributed by atoms with Gasteiger partial charge in [-0.3, -0.25) is 4.79 Å². The molecule has 5 nitrogen and oxygen atoms in total. The van der Waals surface area contributed by atoms with Crippen LogP contribution >= 0.6 is 34.2 Å². The van der Waals surface area contributed by atoms with Crippen molar-refractivity contribution in [2.75, 3.05) is 13.2 Å². The topological polar surface area (TPSA) is 55.8 Å². The second-order valence-electron chi connectivity index (χ2n) is 9.86. The normalized spacial score (nSPS) is 20.0. The third kappa shape index (κ3) is 6.20. The lowest BCUT2D eigenvalue weighted by Crippen LogP contribution is -2.45. The predicted molar refractivity (Wildman–Crippen MR) is 131 cm³/mol. The molecule has 30 heavy (non-hydrogen) atoms. The molecular weight excluding hydrogens is 533 g/mol. The van der Waals surface area contributed by atoms with Crippen molar-refractivity contribution in [2.45, 2.75) is 71.3 Å². The van der Waals surface area contributed by atoms with Crippen LogP contribution in [-0.4, -0.2) is 50.4 Å². The first kappa shape index (κ1) is 25.6. The molecule has 0 spiro atoms. The average molecular weight is 566 g/mol. The summed E-state index contributed by atoms with van der Waals surface area (Å²) in [5.74, 6) is -0.349. The van der Waals surface area contributed by atoms with Gasteiger partial charge in [-0.2, -0.15) is 0 Å². The van der Waals surface area contributed by atoms with E-state index in [9.17, 15) is 9.59 Å². The third-order valence-electron chi connectivity index (χ3n) is 5.78. The fourth-order valence-electron chi connectivity index (χ4n) is 3.09. The zero-order valence-electron chi connectivity index (χ0n) is 18.9. The Morgan fingerprint density at radius 1 is 1.30 bits per heavy atom. The Hall–Kier alpha value is -0.643. The van der Waals surface area contributed by atoms with Crippen LogP contribution in [0.15, 0.2) is 18.2 Å². The summed E-state index contributed by atoms with van der Waals surface area (Å²) in [5, 5.41) is 0.534. The number of esters is 1. The van der Waals surface area contributed by atoms with E-state index < -0.39 is 14.4 Å². The van der Waals surface area contributed by atoms with Crippen LogP contribution in [0.25, 0.3) is 0 Å². The maximum atomic E-state index is 13.4. The predicted octanol–water partition coefficient (Wildman–Crippen LogP) is 5.75. The highest BCUT2D eigenvalue weighted by molar-refractivity contribution is 14.1. The second kappa shape index (κ2) is 9.88. The molecule has 168 valence electrons. The number of carbonyl (C=O) groups is 2. The fraction of sp³-hybridized carbons (Fsp3) is 0.636. The van der Waals surface area contributed by atoms with Crippen LogP contribution in [0.3, 0.4) is 0 Å². The Labute approximate surface area is 200 Å².